The number of ether oxygens (including phenoxy) is 2. The van der Waals surface area contributed by atoms with Gasteiger partial charge in [-0.2, -0.15) is 0 Å². The minimum absolute atomic E-state index is 0.0124. The summed E-state index contributed by atoms with van der Waals surface area (Å²) in [5, 5.41) is 9.56. The summed E-state index contributed by atoms with van der Waals surface area (Å²) in [5.41, 5.74) is 0.613. The summed E-state index contributed by atoms with van der Waals surface area (Å²) in [7, 11) is -3.94. The Morgan fingerprint density at radius 2 is 1.86 bits per heavy atom. The Morgan fingerprint density at radius 1 is 1.18 bits per heavy atom. The van der Waals surface area contributed by atoms with E-state index in [2.05, 4.69) is 4.72 Å². The van der Waals surface area contributed by atoms with Crippen LogP contribution in [0.25, 0.3) is 0 Å². The van der Waals surface area contributed by atoms with Gasteiger partial charge in [-0.25, -0.2) is 13.2 Å². The van der Waals surface area contributed by atoms with Gasteiger partial charge in [0.1, 0.15) is 5.75 Å². The Hall–Kier alpha value is -2.78. The van der Waals surface area contributed by atoms with Crippen molar-refractivity contribution in [2.45, 2.75) is 11.8 Å². The molecule has 1 aliphatic rings. The van der Waals surface area contributed by atoms with E-state index in [1.54, 1.807) is 18.2 Å². The zero-order valence-corrected chi connectivity index (χ0v) is 16.2. The molecule has 0 radical (unpaired) electrons. The number of carbonyl (C=O) groups is 1. The molecule has 2 N–H and O–H groups in total. The molecule has 1 fully saturated rings. The molecule has 150 valence electrons. The lowest BCUT2D eigenvalue weighted by atomic mass is 10.1. The van der Waals surface area contributed by atoms with Gasteiger partial charge >= 0.3 is 5.97 Å². The first-order valence-corrected chi connectivity index (χ1v) is 10.3. The largest absolute Gasteiger partial charge is 0.494 e. The van der Waals surface area contributed by atoms with Crippen LogP contribution in [-0.4, -0.2) is 52.4 Å². The second-order valence-corrected chi connectivity index (χ2v) is 7.83. The number of carboxylic acid groups (broad SMARTS) is 1. The van der Waals surface area contributed by atoms with Crippen LogP contribution in [0.4, 0.5) is 11.4 Å². The molecule has 1 saturated heterocycles. The number of morpholine rings is 1. The minimum atomic E-state index is -3.94. The average Bonchev–Trinajstić information content (AvgIpc) is 2.69. The number of carboxylic acids is 1. The van der Waals surface area contributed by atoms with E-state index in [9.17, 15) is 18.3 Å². The molecule has 2 aromatic carbocycles. The second kappa shape index (κ2) is 8.49. The zero-order valence-electron chi connectivity index (χ0n) is 15.4. The highest BCUT2D eigenvalue weighted by Crippen LogP contribution is 2.27. The number of nitrogens with one attached hydrogen (secondary N) is 1. The van der Waals surface area contributed by atoms with E-state index in [0.717, 1.165) is 0 Å². The van der Waals surface area contributed by atoms with Crippen LogP contribution in [0.2, 0.25) is 0 Å². The van der Waals surface area contributed by atoms with E-state index < -0.39 is 16.0 Å². The van der Waals surface area contributed by atoms with Crippen molar-refractivity contribution >= 4 is 27.4 Å². The third kappa shape index (κ3) is 4.55. The molecule has 8 nitrogen and oxygen atoms in total. The Labute approximate surface area is 163 Å². The third-order valence-corrected chi connectivity index (χ3v) is 5.68. The van der Waals surface area contributed by atoms with Gasteiger partial charge in [0.15, 0.2) is 0 Å². The van der Waals surface area contributed by atoms with Crippen molar-refractivity contribution in [3.05, 3.63) is 48.0 Å². The molecule has 0 atom stereocenters. The van der Waals surface area contributed by atoms with Crippen molar-refractivity contribution in [1.29, 1.82) is 0 Å². The van der Waals surface area contributed by atoms with Gasteiger partial charge in [0, 0.05) is 18.8 Å². The molecule has 28 heavy (non-hydrogen) atoms. The number of anilines is 2. The lowest BCUT2D eigenvalue weighted by molar-refractivity contribution is 0.0698. The van der Waals surface area contributed by atoms with Crippen LogP contribution in [0.15, 0.2) is 47.4 Å². The molecule has 3 rings (SSSR count). The number of hydrogen-bond acceptors (Lipinski definition) is 6. The zero-order chi connectivity index (χ0) is 20.1. The number of sulfonamides is 1. The molecule has 0 unspecified atom stereocenters. The van der Waals surface area contributed by atoms with Gasteiger partial charge < -0.3 is 19.5 Å². The van der Waals surface area contributed by atoms with Crippen LogP contribution in [0, 0.1) is 0 Å². The highest BCUT2D eigenvalue weighted by molar-refractivity contribution is 7.92. The maximum atomic E-state index is 12.7. The van der Waals surface area contributed by atoms with Crippen LogP contribution >= 0.6 is 0 Å². The summed E-state index contributed by atoms with van der Waals surface area (Å²) in [4.78, 5) is 13.7. The van der Waals surface area contributed by atoms with Crippen LogP contribution in [0.1, 0.15) is 17.3 Å². The molecule has 0 amide bonds. The van der Waals surface area contributed by atoms with E-state index in [-0.39, 0.29) is 16.1 Å². The minimum Gasteiger partial charge on any atom is -0.494 e. The predicted octanol–water partition coefficient (Wildman–Crippen LogP) is 2.42. The van der Waals surface area contributed by atoms with Crippen molar-refractivity contribution in [3.8, 4) is 5.75 Å². The first kappa shape index (κ1) is 20.0. The lowest BCUT2D eigenvalue weighted by Crippen LogP contribution is -2.36. The highest BCUT2D eigenvalue weighted by Gasteiger charge is 2.21. The topological polar surface area (TPSA) is 105 Å². The van der Waals surface area contributed by atoms with E-state index in [0.29, 0.717) is 44.3 Å². The molecule has 0 saturated carbocycles. The van der Waals surface area contributed by atoms with Crippen LogP contribution in [-0.2, 0) is 14.8 Å². The highest BCUT2D eigenvalue weighted by atomic mass is 32.2. The lowest BCUT2D eigenvalue weighted by Gasteiger charge is -2.29. The first-order valence-electron chi connectivity index (χ1n) is 8.86. The first-order chi connectivity index (χ1) is 13.4. The smallest absolute Gasteiger partial charge is 0.337 e. The fourth-order valence-electron chi connectivity index (χ4n) is 2.90. The standard InChI is InChI=1S/C19H22N2O6S/c1-2-27-15-4-6-16(7-5-15)28(24,25)20-18-8-3-14(13-17(18)19(22)23)21-9-11-26-12-10-21/h3-8,13,20H,2,9-12H2,1H3,(H,22,23). The second-order valence-electron chi connectivity index (χ2n) is 6.14. The molecule has 9 heteroatoms. The van der Waals surface area contributed by atoms with Gasteiger partial charge in [0.25, 0.3) is 10.0 Å². The van der Waals surface area contributed by atoms with Gasteiger partial charge in [-0.1, -0.05) is 0 Å². The molecular formula is C19H22N2O6S. The van der Waals surface area contributed by atoms with Crippen molar-refractivity contribution in [2.24, 2.45) is 0 Å². The number of hydrogen-bond donors (Lipinski definition) is 2. The predicted molar refractivity (Wildman–Crippen MR) is 105 cm³/mol. The van der Waals surface area contributed by atoms with Crippen LogP contribution in [0.3, 0.4) is 0 Å². The molecule has 1 heterocycles. The number of nitrogens with zero attached hydrogens (tertiary/aromatic N) is 1. The molecule has 2 aromatic rings. The van der Waals surface area contributed by atoms with E-state index in [1.807, 2.05) is 11.8 Å². The van der Waals surface area contributed by atoms with Crippen molar-refractivity contribution in [3.63, 3.8) is 0 Å². The summed E-state index contributed by atoms with van der Waals surface area (Å²) in [6.45, 7) is 4.73. The van der Waals surface area contributed by atoms with Gasteiger partial charge in [-0.3, -0.25) is 4.72 Å². The van der Waals surface area contributed by atoms with Gasteiger partial charge in [-0.15, -0.1) is 0 Å². The fourth-order valence-corrected chi connectivity index (χ4v) is 3.98. The Balaban J connectivity index is 1.86. The molecular weight excluding hydrogens is 384 g/mol. The number of aromatic carboxylic acids is 1. The molecule has 1 aliphatic heterocycles. The van der Waals surface area contributed by atoms with Gasteiger partial charge in [0.2, 0.25) is 0 Å². The Kier molecular flexibility index (Phi) is 6.05. The molecule has 0 bridgehead atoms. The van der Waals surface area contributed by atoms with E-state index >= 15 is 0 Å². The van der Waals surface area contributed by atoms with Gasteiger partial charge in [0.05, 0.1) is 36.0 Å². The molecule has 0 aliphatic carbocycles. The quantitative estimate of drug-likeness (QED) is 0.727. The average molecular weight is 406 g/mol. The number of rotatable bonds is 7. The van der Waals surface area contributed by atoms with E-state index in [1.165, 1.54) is 24.3 Å². The monoisotopic (exact) mass is 406 g/mol. The SMILES string of the molecule is CCOc1ccc(S(=O)(=O)Nc2ccc(N3CCOCC3)cc2C(=O)O)cc1. The summed E-state index contributed by atoms with van der Waals surface area (Å²) >= 11 is 0. The third-order valence-electron chi connectivity index (χ3n) is 4.30. The Bertz CT molecular complexity index is 937. The summed E-state index contributed by atoms with van der Waals surface area (Å²) in [5.74, 6) is -0.651. The fraction of sp³-hybridized carbons (Fsp3) is 0.316. The maximum Gasteiger partial charge on any atom is 0.337 e. The summed E-state index contributed by atoms with van der Waals surface area (Å²) in [6.07, 6.45) is 0. The van der Waals surface area contributed by atoms with Crippen LogP contribution in [0.5, 0.6) is 5.75 Å². The number of benzene rings is 2. The molecule has 0 spiro atoms. The van der Waals surface area contributed by atoms with E-state index in [4.69, 9.17) is 9.47 Å². The normalized spacial score (nSPS) is 14.5. The summed E-state index contributed by atoms with van der Waals surface area (Å²) in [6, 6.07) is 10.6. The van der Waals surface area contributed by atoms with Crippen molar-refractivity contribution < 1.29 is 27.8 Å². The maximum absolute atomic E-state index is 12.7. The summed E-state index contributed by atoms with van der Waals surface area (Å²) < 4.78 is 38.3. The van der Waals surface area contributed by atoms with Crippen LogP contribution < -0.4 is 14.4 Å². The molecule has 0 aromatic heterocycles. The van der Waals surface area contributed by atoms with Crippen molar-refractivity contribution in [2.75, 3.05) is 42.5 Å². The van der Waals surface area contributed by atoms with Gasteiger partial charge in [-0.05, 0) is 49.4 Å². The van der Waals surface area contributed by atoms with Crippen molar-refractivity contribution in [1.82, 2.24) is 0 Å². The Morgan fingerprint density at radius 3 is 2.46 bits per heavy atom.